The number of H-pyrrole nitrogens is 1. The van der Waals surface area contributed by atoms with Gasteiger partial charge < -0.3 is 15.6 Å². The highest BCUT2D eigenvalue weighted by molar-refractivity contribution is 7.99. The van der Waals surface area contributed by atoms with Gasteiger partial charge in [-0.2, -0.15) is 10.2 Å². The van der Waals surface area contributed by atoms with Crippen LogP contribution in [0, 0.1) is 11.3 Å². The number of hydrogen-bond donors (Lipinski definition) is 2. The smallest absolute Gasteiger partial charge is 0.206 e. The Bertz CT molecular complexity index is 979. The topological polar surface area (TPSA) is 108 Å². The lowest BCUT2D eigenvalue weighted by atomic mass is 9.91. The summed E-state index contributed by atoms with van der Waals surface area (Å²) in [7, 11) is 0. The molecule has 1 fully saturated rings. The summed E-state index contributed by atoms with van der Waals surface area (Å²) in [5, 5.41) is 9.78. The van der Waals surface area contributed by atoms with Crippen LogP contribution in [-0.2, 0) is 0 Å². The first-order valence-electron chi connectivity index (χ1n) is 8.47. The molecule has 0 radical (unpaired) electrons. The molecule has 26 heavy (non-hydrogen) atoms. The number of benzene rings is 1. The second-order valence-electron chi connectivity index (χ2n) is 6.82. The Morgan fingerprint density at radius 3 is 2.88 bits per heavy atom. The van der Waals surface area contributed by atoms with Gasteiger partial charge >= 0.3 is 0 Å². The number of nitriles is 1. The lowest BCUT2D eigenvalue weighted by Crippen LogP contribution is -2.48. The van der Waals surface area contributed by atoms with Crippen molar-refractivity contribution in [2.24, 2.45) is 5.73 Å². The molecule has 132 valence electrons. The summed E-state index contributed by atoms with van der Waals surface area (Å²) in [5.74, 6) is 0.795. The van der Waals surface area contributed by atoms with Crippen molar-refractivity contribution < 1.29 is 0 Å². The number of imidazole rings is 1. The van der Waals surface area contributed by atoms with Crippen LogP contribution in [-0.4, -0.2) is 38.6 Å². The van der Waals surface area contributed by atoms with E-state index in [9.17, 15) is 0 Å². The summed E-state index contributed by atoms with van der Waals surface area (Å²) in [6.07, 6.45) is 3.58. The molecule has 0 atom stereocenters. The fourth-order valence-corrected chi connectivity index (χ4v) is 3.76. The van der Waals surface area contributed by atoms with Crippen molar-refractivity contribution >= 4 is 29.0 Å². The van der Waals surface area contributed by atoms with E-state index in [1.165, 1.54) is 11.8 Å². The number of fused-ring (bicyclic) bond motifs is 1. The molecule has 0 amide bonds. The van der Waals surface area contributed by atoms with E-state index < -0.39 is 0 Å². The fourth-order valence-electron chi connectivity index (χ4n) is 2.94. The van der Waals surface area contributed by atoms with Gasteiger partial charge in [0.2, 0.25) is 5.95 Å². The molecule has 1 aromatic carbocycles. The number of nitrogens with zero attached hydrogens (tertiary/aromatic N) is 5. The Labute approximate surface area is 155 Å². The van der Waals surface area contributed by atoms with Gasteiger partial charge in [-0.1, -0.05) is 17.8 Å². The van der Waals surface area contributed by atoms with Crippen LogP contribution in [0.5, 0.6) is 0 Å². The summed E-state index contributed by atoms with van der Waals surface area (Å²) in [6, 6.07) is 9.59. The SMILES string of the molecule is CC1(N)CCN(c2nc3ncc(Sc4cccc(C#N)c4)nc3[nH]2)CC1. The maximum atomic E-state index is 9.02. The molecule has 0 saturated carbocycles. The fraction of sp³-hybridized carbons (Fsp3) is 0.333. The van der Waals surface area contributed by atoms with Gasteiger partial charge in [0.15, 0.2) is 11.3 Å². The van der Waals surface area contributed by atoms with Crippen LogP contribution in [0.4, 0.5) is 5.95 Å². The van der Waals surface area contributed by atoms with Crippen LogP contribution < -0.4 is 10.6 Å². The van der Waals surface area contributed by atoms with Crippen molar-refractivity contribution in [2.75, 3.05) is 18.0 Å². The van der Waals surface area contributed by atoms with Crippen molar-refractivity contribution in [1.82, 2.24) is 19.9 Å². The zero-order valence-corrected chi connectivity index (χ0v) is 15.3. The van der Waals surface area contributed by atoms with Crippen molar-refractivity contribution in [3.05, 3.63) is 36.0 Å². The molecule has 7 nitrogen and oxygen atoms in total. The van der Waals surface area contributed by atoms with Gasteiger partial charge in [0.05, 0.1) is 17.8 Å². The van der Waals surface area contributed by atoms with E-state index in [-0.39, 0.29) is 5.54 Å². The largest absolute Gasteiger partial charge is 0.342 e. The quantitative estimate of drug-likeness (QED) is 0.734. The third-order valence-electron chi connectivity index (χ3n) is 4.56. The van der Waals surface area contributed by atoms with Gasteiger partial charge in [0.1, 0.15) is 5.03 Å². The molecule has 1 saturated heterocycles. The molecule has 1 aliphatic heterocycles. The normalized spacial score (nSPS) is 16.6. The Morgan fingerprint density at radius 1 is 1.31 bits per heavy atom. The highest BCUT2D eigenvalue weighted by atomic mass is 32.2. The van der Waals surface area contributed by atoms with E-state index >= 15 is 0 Å². The average molecular weight is 365 g/mol. The Hall–Kier alpha value is -2.63. The minimum Gasteiger partial charge on any atom is -0.342 e. The number of aromatic amines is 1. The van der Waals surface area contributed by atoms with Crippen LogP contribution >= 0.6 is 11.8 Å². The number of nitrogens with one attached hydrogen (secondary N) is 1. The van der Waals surface area contributed by atoms with Crippen molar-refractivity contribution in [2.45, 2.75) is 35.2 Å². The van der Waals surface area contributed by atoms with Gasteiger partial charge in [-0.25, -0.2) is 9.97 Å². The molecule has 4 rings (SSSR count). The average Bonchev–Trinajstić information content (AvgIpc) is 3.05. The summed E-state index contributed by atoms with van der Waals surface area (Å²) < 4.78 is 0. The molecule has 3 N–H and O–H groups in total. The molecule has 0 spiro atoms. The number of aromatic nitrogens is 4. The molecule has 1 aliphatic rings. The standard InChI is InChI=1S/C18H19N7S/c1-18(20)5-7-25(8-6-18)17-23-15-16(24-17)22-14(11-21-15)26-13-4-2-3-12(9-13)10-19/h2-4,9,11H,5-8,20H2,1H3,(H,21,22,23,24). The Morgan fingerprint density at radius 2 is 2.12 bits per heavy atom. The van der Waals surface area contributed by atoms with Crippen LogP contribution in [0.1, 0.15) is 25.3 Å². The van der Waals surface area contributed by atoms with E-state index in [0.29, 0.717) is 16.9 Å². The molecule has 2 aromatic heterocycles. The van der Waals surface area contributed by atoms with E-state index in [4.69, 9.17) is 11.0 Å². The molecule has 0 unspecified atom stereocenters. The number of hydrogen-bond acceptors (Lipinski definition) is 7. The zero-order valence-electron chi connectivity index (χ0n) is 14.4. The van der Waals surface area contributed by atoms with Crippen LogP contribution in [0.15, 0.2) is 40.4 Å². The zero-order chi connectivity index (χ0) is 18.1. The van der Waals surface area contributed by atoms with Crippen LogP contribution in [0.25, 0.3) is 11.3 Å². The number of piperidine rings is 1. The van der Waals surface area contributed by atoms with Crippen LogP contribution in [0.3, 0.4) is 0 Å². The first kappa shape index (κ1) is 16.8. The van der Waals surface area contributed by atoms with E-state index in [2.05, 4.69) is 37.8 Å². The van der Waals surface area contributed by atoms with E-state index in [1.54, 1.807) is 12.3 Å². The lowest BCUT2D eigenvalue weighted by molar-refractivity contribution is 0.362. The third kappa shape index (κ3) is 3.49. The molecule has 0 aliphatic carbocycles. The van der Waals surface area contributed by atoms with Crippen molar-refractivity contribution in [3.8, 4) is 6.07 Å². The molecular weight excluding hydrogens is 346 g/mol. The first-order chi connectivity index (χ1) is 12.5. The number of rotatable bonds is 3. The van der Waals surface area contributed by atoms with E-state index in [1.807, 2.05) is 18.2 Å². The summed E-state index contributed by atoms with van der Waals surface area (Å²) >= 11 is 1.47. The highest BCUT2D eigenvalue weighted by Gasteiger charge is 2.27. The maximum Gasteiger partial charge on any atom is 0.206 e. The lowest BCUT2D eigenvalue weighted by Gasteiger charge is -2.36. The third-order valence-corrected chi connectivity index (χ3v) is 5.46. The predicted molar refractivity (Wildman–Crippen MR) is 101 cm³/mol. The molecule has 3 aromatic rings. The minimum absolute atomic E-state index is 0.0964. The highest BCUT2D eigenvalue weighted by Crippen LogP contribution is 2.28. The second-order valence-corrected chi connectivity index (χ2v) is 7.92. The summed E-state index contributed by atoms with van der Waals surface area (Å²) in [5.41, 5.74) is 8.01. The molecule has 3 heterocycles. The van der Waals surface area contributed by atoms with Crippen molar-refractivity contribution in [3.63, 3.8) is 0 Å². The van der Waals surface area contributed by atoms with Gasteiger partial charge in [0.25, 0.3) is 0 Å². The Balaban J connectivity index is 1.55. The van der Waals surface area contributed by atoms with Gasteiger partial charge in [-0.3, -0.25) is 0 Å². The maximum absolute atomic E-state index is 9.02. The van der Waals surface area contributed by atoms with Gasteiger partial charge in [0, 0.05) is 23.5 Å². The number of nitrogens with two attached hydrogens (primary N) is 1. The van der Waals surface area contributed by atoms with E-state index in [0.717, 1.165) is 41.8 Å². The summed E-state index contributed by atoms with van der Waals surface area (Å²) in [6.45, 7) is 3.83. The number of anilines is 1. The monoisotopic (exact) mass is 365 g/mol. The second kappa shape index (κ2) is 6.59. The predicted octanol–water partition coefficient (Wildman–Crippen LogP) is 2.69. The Kier molecular flexibility index (Phi) is 4.26. The minimum atomic E-state index is -0.0964. The first-order valence-corrected chi connectivity index (χ1v) is 9.29. The van der Waals surface area contributed by atoms with Crippen LogP contribution in [0.2, 0.25) is 0 Å². The van der Waals surface area contributed by atoms with Crippen molar-refractivity contribution in [1.29, 1.82) is 5.26 Å². The van der Waals surface area contributed by atoms with Gasteiger partial charge in [-0.15, -0.1) is 0 Å². The molecule has 8 heteroatoms. The molecule has 0 bridgehead atoms. The van der Waals surface area contributed by atoms with Gasteiger partial charge in [-0.05, 0) is 38.0 Å². The summed E-state index contributed by atoms with van der Waals surface area (Å²) in [4.78, 5) is 20.0. The molecular formula is C18H19N7S.